The lowest BCUT2D eigenvalue weighted by Crippen LogP contribution is -2.39. The van der Waals surface area contributed by atoms with Crippen LogP contribution in [0.4, 0.5) is 4.79 Å². The van der Waals surface area contributed by atoms with E-state index in [2.05, 4.69) is 11.4 Å². The Morgan fingerprint density at radius 2 is 2.08 bits per heavy atom. The lowest BCUT2D eigenvalue weighted by atomic mass is 9.85. The largest absolute Gasteiger partial charge is 0.444 e. The minimum Gasteiger partial charge on any atom is -0.444 e. The molecule has 1 saturated carbocycles. The van der Waals surface area contributed by atoms with Crippen molar-refractivity contribution in [1.82, 2.24) is 10.2 Å². The van der Waals surface area contributed by atoms with Gasteiger partial charge in [0.1, 0.15) is 5.60 Å². The van der Waals surface area contributed by atoms with Crippen molar-refractivity contribution in [2.24, 2.45) is 5.92 Å². The smallest absolute Gasteiger partial charge is 0.410 e. The van der Waals surface area contributed by atoms with Gasteiger partial charge in [0.15, 0.2) is 0 Å². The van der Waals surface area contributed by atoms with E-state index in [0.717, 1.165) is 37.9 Å². The quantitative estimate of drug-likeness (QED) is 0.880. The zero-order valence-electron chi connectivity index (χ0n) is 15.5. The molecule has 25 heavy (non-hydrogen) atoms. The second kappa shape index (κ2) is 7.34. The van der Waals surface area contributed by atoms with E-state index in [1.807, 2.05) is 43.9 Å². The Balaban J connectivity index is 1.55. The number of fused-ring (bicyclic) bond motifs is 2. The first-order valence-corrected chi connectivity index (χ1v) is 9.27. The second-order valence-electron chi connectivity index (χ2n) is 8.33. The SMILES string of the molecule is CC(C)(C)OC(=O)N1CC2CC1CCC2NCc1cccc(CO)c1. The van der Waals surface area contributed by atoms with Gasteiger partial charge in [-0.15, -0.1) is 0 Å². The Labute approximate surface area is 150 Å². The Morgan fingerprint density at radius 1 is 1.32 bits per heavy atom. The standard InChI is InChI=1S/C20H30N2O3/c1-20(2,3)25-19(24)22-12-16-10-17(22)7-8-18(16)21-11-14-5-4-6-15(9-14)13-23/h4-6,9,16-18,21,23H,7-8,10-13H2,1-3H3. The van der Waals surface area contributed by atoms with E-state index in [4.69, 9.17) is 4.74 Å². The van der Waals surface area contributed by atoms with Crippen LogP contribution in [0.25, 0.3) is 0 Å². The van der Waals surface area contributed by atoms with Crippen LogP contribution >= 0.6 is 0 Å². The van der Waals surface area contributed by atoms with Crippen molar-refractivity contribution >= 4 is 6.09 Å². The van der Waals surface area contributed by atoms with E-state index >= 15 is 0 Å². The maximum atomic E-state index is 12.4. The van der Waals surface area contributed by atoms with Crippen molar-refractivity contribution < 1.29 is 14.6 Å². The van der Waals surface area contributed by atoms with Crippen LogP contribution in [0.5, 0.6) is 0 Å². The van der Waals surface area contributed by atoms with Crippen LogP contribution in [0.1, 0.15) is 51.2 Å². The highest BCUT2D eigenvalue weighted by atomic mass is 16.6. The maximum absolute atomic E-state index is 12.4. The predicted molar refractivity (Wildman–Crippen MR) is 97.1 cm³/mol. The first kappa shape index (κ1) is 18.2. The number of carbonyl (C=O) groups is 1. The third-order valence-corrected chi connectivity index (χ3v) is 5.20. The number of hydrogen-bond acceptors (Lipinski definition) is 4. The van der Waals surface area contributed by atoms with Crippen molar-refractivity contribution in [3.63, 3.8) is 0 Å². The highest BCUT2D eigenvalue weighted by Gasteiger charge is 2.43. The van der Waals surface area contributed by atoms with Crippen molar-refractivity contribution in [2.75, 3.05) is 6.54 Å². The molecule has 2 bridgehead atoms. The first-order valence-electron chi connectivity index (χ1n) is 9.27. The lowest BCUT2D eigenvalue weighted by Gasteiger charge is -2.30. The fraction of sp³-hybridized carbons (Fsp3) is 0.650. The molecule has 0 radical (unpaired) electrons. The highest BCUT2D eigenvalue weighted by molar-refractivity contribution is 5.69. The predicted octanol–water partition coefficient (Wildman–Crippen LogP) is 3.06. The molecule has 3 unspecified atom stereocenters. The fourth-order valence-electron chi connectivity index (χ4n) is 4.03. The zero-order valence-corrected chi connectivity index (χ0v) is 15.5. The molecule has 1 saturated heterocycles. The van der Waals surface area contributed by atoms with Crippen LogP contribution in [-0.4, -0.2) is 40.3 Å². The number of hydrogen-bond donors (Lipinski definition) is 2. The zero-order chi connectivity index (χ0) is 18.0. The molecular weight excluding hydrogens is 316 g/mol. The highest BCUT2D eigenvalue weighted by Crippen LogP contribution is 2.36. The van der Waals surface area contributed by atoms with E-state index in [0.29, 0.717) is 18.0 Å². The third kappa shape index (κ3) is 4.53. The van der Waals surface area contributed by atoms with Crippen molar-refractivity contribution in [2.45, 2.75) is 70.9 Å². The number of amides is 1. The van der Waals surface area contributed by atoms with Gasteiger partial charge in [-0.3, -0.25) is 0 Å². The molecule has 1 aromatic carbocycles. The summed E-state index contributed by atoms with van der Waals surface area (Å²) in [5.74, 6) is 0.493. The average molecular weight is 346 g/mol. The summed E-state index contributed by atoms with van der Waals surface area (Å²) in [5.41, 5.74) is 1.69. The van der Waals surface area contributed by atoms with Crippen LogP contribution in [0.2, 0.25) is 0 Å². The van der Waals surface area contributed by atoms with Gasteiger partial charge in [-0.2, -0.15) is 0 Å². The van der Waals surface area contributed by atoms with Gasteiger partial charge in [0, 0.05) is 25.2 Å². The van der Waals surface area contributed by atoms with Gasteiger partial charge in [-0.25, -0.2) is 4.79 Å². The molecule has 2 aliphatic rings. The molecule has 2 N–H and O–H groups in total. The van der Waals surface area contributed by atoms with Crippen LogP contribution < -0.4 is 5.32 Å². The fourth-order valence-corrected chi connectivity index (χ4v) is 4.03. The van der Waals surface area contributed by atoms with Crippen molar-refractivity contribution in [3.8, 4) is 0 Å². The molecule has 3 atom stereocenters. The molecule has 5 nitrogen and oxygen atoms in total. The summed E-state index contributed by atoms with van der Waals surface area (Å²) >= 11 is 0. The summed E-state index contributed by atoms with van der Waals surface area (Å²) in [7, 11) is 0. The minimum atomic E-state index is -0.441. The van der Waals surface area contributed by atoms with Gasteiger partial charge in [-0.1, -0.05) is 24.3 Å². The molecule has 0 aromatic heterocycles. The van der Waals surface area contributed by atoms with E-state index < -0.39 is 5.60 Å². The second-order valence-corrected chi connectivity index (χ2v) is 8.33. The van der Waals surface area contributed by atoms with Gasteiger partial charge in [0.2, 0.25) is 0 Å². The van der Waals surface area contributed by atoms with E-state index in [1.165, 1.54) is 5.56 Å². The van der Waals surface area contributed by atoms with Gasteiger partial charge >= 0.3 is 6.09 Å². The third-order valence-electron chi connectivity index (χ3n) is 5.20. The van der Waals surface area contributed by atoms with Gasteiger partial charge < -0.3 is 20.1 Å². The molecule has 3 rings (SSSR count). The van der Waals surface area contributed by atoms with Crippen LogP contribution in [0.15, 0.2) is 24.3 Å². The monoisotopic (exact) mass is 346 g/mol. The molecule has 1 aromatic rings. The van der Waals surface area contributed by atoms with Crippen molar-refractivity contribution in [3.05, 3.63) is 35.4 Å². The summed E-state index contributed by atoms with van der Waals surface area (Å²) in [5, 5.41) is 12.9. The van der Waals surface area contributed by atoms with Crippen molar-refractivity contribution in [1.29, 1.82) is 0 Å². The summed E-state index contributed by atoms with van der Waals surface area (Å²) < 4.78 is 5.56. The Bertz CT molecular complexity index is 611. The number of benzene rings is 1. The molecule has 2 fully saturated rings. The number of nitrogens with one attached hydrogen (secondary N) is 1. The summed E-state index contributed by atoms with van der Waals surface area (Å²) in [6.45, 7) is 7.40. The number of aliphatic hydroxyl groups excluding tert-OH is 1. The molecule has 1 amide bonds. The molecular formula is C20H30N2O3. The number of aliphatic hydroxyl groups is 1. The van der Waals surface area contributed by atoms with Gasteiger partial charge in [0.25, 0.3) is 0 Å². The molecule has 1 heterocycles. The maximum Gasteiger partial charge on any atom is 0.410 e. The van der Waals surface area contributed by atoms with Gasteiger partial charge in [-0.05, 0) is 57.1 Å². The van der Waals surface area contributed by atoms with Crippen LogP contribution in [0, 0.1) is 5.92 Å². The summed E-state index contributed by atoms with van der Waals surface area (Å²) in [6.07, 6.45) is 3.02. The Kier molecular flexibility index (Phi) is 5.35. The summed E-state index contributed by atoms with van der Waals surface area (Å²) in [4.78, 5) is 14.4. The van der Waals surface area contributed by atoms with E-state index in [-0.39, 0.29) is 12.7 Å². The average Bonchev–Trinajstić information content (AvgIpc) is 2.90. The molecule has 0 spiro atoms. The number of nitrogens with zero attached hydrogens (tertiary/aromatic N) is 1. The minimum absolute atomic E-state index is 0.0758. The van der Waals surface area contributed by atoms with Crippen LogP contribution in [0.3, 0.4) is 0 Å². The lowest BCUT2D eigenvalue weighted by molar-refractivity contribution is 0.0223. The number of rotatable bonds is 4. The number of ether oxygens (including phenoxy) is 1. The molecule has 1 aliphatic carbocycles. The number of likely N-dealkylation sites (tertiary alicyclic amines) is 1. The molecule has 1 aliphatic heterocycles. The Hall–Kier alpha value is -1.59. The van der Waals surface area contributed by atoms with Gasteiger partial charge in [0.05, 0.1) is 6.61 Å². The van der Waals surface area contributed by atoms with E-state index in [9.17, 15) is 9.90 Å². The molecule has 138 valence electrons. The van der Waals surface area contributed by atoms with E-state index in [1.54, 1.807) is 0 Å². The van der Waals surface area contributed by atoms with Crippen LogP contribution in [-0.2, 0) is 17.9 Å². The topological polar surface area (TPSA) is 61.8 Å². The summed E-state index contributed by atoms with van der Waals surface area (Å²) in [6, 6.07) is 8.81. The number of carbonyl (C=O) groups excluding carboxylic acids is 1. The first-order chi connectivity index (χ1) is 11.9. The Morgan fingerprint density at radius 3 is 2.80 bits per heavy atom. The normalized spacial score (nSPS) is 25.9. The molecule has 5 heteroatoms.